The third-order valence-electron chi connectivity index (χ3n) is 4.17. The molecule has 0 radical (unpaired) electrons. The minimum absolute atomic E-state index is 0.0169. The lowest BCUT2D eigenvalue weighted by Crippen LogP contribution is -2.34. The van der Waals surface area contributed by atoms with Gasteiger partial charge in [0.2, 0.25) is 0 Å². The summed E-state index contributed by atoms with van der Waals surface area (Å²) in [5.41, 5.74) is 2.42. The zero-order chi connectivity index (χ0) is 17.5. The molecule has 2 aromatic carbocycles. The number of fused-ring (bicyclic) bond motifs is 1. The van der Waals surface area contributed by atoms with Gasteiger partial charge in [-0.3, -0.25) is 4.79 Å². The van der Waals surface area contributed by atoms with Crippen molar-refractivity contribution in [2.45, 2.75) is 25.3 Å². The molecule has 25 heavy (non-hydrogen) atoms. The number of hydrogen-bond donors (Lipinski definition) is 1. The zero-order valence-electron chi connectivity index (χ0n) is 13.9. The Kier molecular flexibility index (Phi) is 5.67. The summed E-state index contributed by atoms with van der Waals surface area (Å²) < 4.78 is 10.3. The van der Waals surface area contributed by atoms with Gasteiger partial charge >= 0.3 is 5.97 Å². The minimum atomic E-state index is -0.567. The molecule has 0 heterocycles. The fraction of sp³-hybridized carbons (Fsp3) is 0.300. The Morgan fingerprint density at radius 2 is 1.76 bits per heavy atom. The van der Waals surface area contributed by atoms with Crippen LogP contribution in [0.15, 0.2) is 54.6 Å². The van der Waals surface area contributed by atoms with Crippen molar-refractivity contribution in [1.29, 1.82) is 0 Å². The van der Waals surface area contributed by atoms with Crippen molar-refractivity contribution < 1.29 is 19.1 Å². The summed E-state index contributed by atoms with van der Waals surface area (Å²) in [5.74, 6) is -0.277. The first-order chi connectivity index (χ1) is 12.2. The van der Waals surface area contributed by atoms with Crippen LogP contribution in [-0.2, 0) is 20.7 Å². The standard InChI is InChI=1S/C20H21NO4/c22-19(13-25-20(23)14-24-16-9-2-1-3-10-16)21-18-12-6-8-15-7-4-5-11-17(15)18/h1-5,7,9-11,18H,6,8,12-14H2,(H,21,22)/t18-/m1/s1. The van der Waals surface area contributed by atoms with E-state index in [0.29, 0.717) is 5.75 Å². The molecule has 0 bridgehead atoms. The van der Waals surface area contributed by atoms with Crippen molar-refractivity contribution in [2.75, 3.05) is 13.2 Å². The molecule has 1 aliphatic carbocycles. The van der Waals surface area contributed by atoms with Crippen LogP contribution < -0.4 is 10.1 Å². The number of aryl methyl sites for hydroxylation is 1. The van der Waals surface area contributed by atoms with Gasteiger partial charge in [0.1, 0.15) is 5.75 Å². The number of para-hydroxylation sites is 1. The Morgan fingerprint density at radius 3 is 2.60 bits per heavy atom. The summed E-state index contributed by atoms with van der Waals surface area (Å²) in [6.45, 7) is -0.515. The Bertz CT molecular complexity index is 729. The molecular weight excluding hydrogens is 318 g/mol. The SMILES string of the molecule is O=C(COC(=O)COc1ccccc1)N[C@@H]1CCCc2ccccc21. The van der Waals surface area contributed by atoms with E-state index >= 15 is 0 Å². The van der Waals surface area contributed by atoms with Crippen LogP contribution in [0, 0.1) is 0 Å². The highest BCUT2D eigenvalue weighted by Gasteiger charge is 2.21. The number of nitrogens with one attached hydrogen (secondary N) is 1. The van der Waals surface area contributed by atoms with Gasteiger partial charge in [-0.15, -0.1) is 0 Å². The molecule has 0 saturated heterocycles. The number of benzene rings is 2. The molecule has 0 fully saturated rings. The second-order valence-corrected chi connectivity index (χ2v) is 5.97. The lowest BCUT2D eigenvalue weighted by atomic mass is 9.88. The van der Waals surface area contributed by atoms with E-state index in [4.69, 9.17) is 9.47 Å². The zero-order valence-corrected chi connectivity index (χ0v) is 13.9. The topological polar surface area (TPSA) is 64.6 Å². The molecule has 2 aromatic rings. The average Bonchev–Trinajstić information content (AvgIpc) is 2.66. The number of carbonyl (C=O) groups excluding carboxylic acids is 2. The van der Waals surface area contributed by atoms with Gasteiger partial charge in [0.15, 0.2) is 13.2 Å². The maximum Gasteiger partial charge on any atom is 0.344 e. The van der Waals surface area contributed by atoms with E-state index in [0.717, 1.165) is 24.8 Å². The Labute approximate surface area is 147 Å². The fourth-order valence-corrected chi connectivity index (χ4v) is 2.99. The molecule has 1 N–H and O–H groups in total. The van der Waals surface area contributed by atoms with Crippen molar-refractivity contribution in [3.8, 4) is 5.75 Å². The van der Waals surface area contributed by atoms with Crippen molar-refractivity contribution >= 4 is 11.9 Å². The second kappa shape index (κ2) is 8.33. The van der Waals surface area contributed by atoms with Crippen LogP contribution in [0.4, 0.5) is 0 Å². The van der Waals surface area contributed by atoms with E-state index in [1.807, 2.05) is 36.4 Å². The molecule has 5 nitrogen and oxygen atoms in total. The first-order valence-electron chi connectivity index (χ1n) is 8.43. The molecule has 1 amide bonds. The summed E-state index contributed by atoms with van der Waals surface area (Å²) in [6.07, 6.45) is 2.97. The van der Waals surface area contributed by atoms with E-state index in [2.05, 4.69) is 11.4 Å². The van der Waals surface area contributed by atoms with Crippen molar-refractivity contribution in [3.05, 3.63) is 65.7 Å². The molecule has 0 aromatic heterocycles. The van der Waals surface area contributed by atoms with Gasteiger partial charge < -0.3 is 14.8 Å². The van der Waals surface area contributed by atoms with E-state index < -0.39 is 5.97 Å². The molecular formula is C20H21NO4. The summed E-state index contributed by atoms with van der Waals surface area (Å²) in [6, 6.07) is 17.1. The van der Waals surface area contributed by atoms with Gasteiger partial charge in [-0.25, -0.2) is 4.79 Å². The Balaban J connectivity index is 1.43. The molecule has 5 heteroatoms. The number of rotatable bonds is 6. The lowest BCUT2D eigenvalue weighted by molar-refractivity contribution is -0.150. The van der Waals surface area contributed by atoms with Crippen LogP contribution in [0.1, 0.15) is 30.0 Å². The lowest BCUT2D eigenvalue weighted by Gasteiger charge is -2.26. The predicted molar refractivity (Wildman–Crippen MR) is 93.2 cm³/mol. The Morgan fingerprint density at radius 1 is 1.00 bits per heavy atom. The molecule has 0 unspecified atom stereocenters. The first kappa shape index (κ1) is 17.0. The van der Waals surface area contributed by atoms with Crippen molar-refractivity contribution in [1.82, 2.24) is 5.32 Å². The number of carbonyl (C=O) groups is 2. The van der Waals surface area contributed by atoms with Crippen LogP contribution in [0.5, 0.6) is 5.75 Å². The molecule has 1 atom stereocenters. The fourth-order valence-electron chi connectivity index (χ4n) is 2.99. The van der Waals surface area contributed by atoms with Gasteiger partial charge in [0.25, 0.3) is 5.91 Å². The van der Waals surface area contributed by atoms with Crippen LogP contribution in [0.25, 0.3) is 0 Å². The molecule has 0 spiro atoms. The second-order valence-electron chi connectivity index (χ2n) is 5.97. The summed E-state index contributed by atoms with van der Waals surface area (Å²) >= 11 is 0. The summed E-state index contributed by atoms with van der Waals surface area (Å²) in [7, 11) is 0. The van der Waals surface area contributed by atoms with Crippen LogP contribution in [0.2, 0.25) is 0 Å². The molecule has 0 aliphatic heterocycles. The molecule has 130 valence electrons. The number of esters is 1. The molecule has 3 rings (SSSR count). The maximum atomic E-state index is 12.1. The minimum Gasteiger partial charge on any atom is -0.482 e. The molecule has 1 aliphatic rings. The van der Waals surface area contributed by atoms with Crippen molar-refractivity contribution in [3.63, 3.8) is 0 Å². The van der Waals surface area contributed by atoms with Crippen LogP contribution in [-0.4, -0.2) is 25.1 Å². The van der Waals surface area contributed by atoms with Gasteiger partial charge in [-0.2, -0.15) is 0 Å². The highest BCUT2D eigenvalue weighted by atomic mass is 16.6. The van der Waals surface area contributed by atoms with Gasteiger partial charge in [-0.1, -0.05) is 42.5 Å². The number of ether oxygens (including phenoxy) is 2. The number of hydrogen-bond acceptors (Lipinski definition) is 4. The smallest absolute Gasteiger partial charge is 0.344 e. The third-order valence-corrected chi connectivity index (χ3v) is 4.17. The van der Waals surface area contributed by atoms with Gasteiger partial charge in [-0.05, 0) is 42.5 Å². The third kappa shape index (κ3) is 4.83. The molecule has 0 saturated carbocycles. The summed E-state index contributed by atoms with van der Waals surface area (Å²) in [5, 5.41) is 2.95. The van der Waals surface area contributed by atoms with Crippen LogP contribution in [0.3, 0.4) is 0 Å². The van der Waals surface area contributed by atoms with Crippen LogP contribution >= 0.6 is 0 Å². The normalized spacial score (nSPS) is 15.8. The van der Waals surface area contributed by atoms with Gasteiger partial charge in [0, 0.05) is 0 Å². The van der Waals surface area contributed by atoms with E-state index in [1.165, 1.54) is 5.56 Å². The Hall–Kier alpha value is -2.82. The van der Waals surface area contributed by atoms with E-state index in [-0.39, 0.29) is 25.2 Å². The summed E-state index contributed by atoms with van der Waals surface area (Å²) in [4.78, 5) is 23.8. The average molecular weight is 339 g/mol. The highest BCUT2D eigenvalue weighted by Crippen LogP contribution is 2.29. The first-order valence-corrected chi connectivity index (χ1v) is 8.43. The van der Waals surface area contributed by atoms with E-state index in [9.17, 15) is 9.59 Å². The highest BCUT2D eigenvalue weighted by molar-refractivity contribution is 5.81. The van der Waals surface area contributed by atoms with E-state index in [1.54, 1.807) is 12.1 Å². The largest absolute Gasteiger partial charge is 0.482 e. The quantitative estimate of drug-likeness (QED) is 0.822. The number of amides is 1. The predicted octanol–water partition coefficient (Wildman–Crippen LogP) is 2.80. The van der Waals surface area contributed by atoms with Crippen molar-refractivity contribution in [2.24, 2.45) is 0 Å². The maximum absolute atomic E-state index is 12.1. The van der Waals surface area contributed by atoms with Gasteiger partial charge in [0.05, 0.1) is 6.04 Å². The monoisotopic (exact) mass is 339 g/mol.